The zero-order valence-corrected chi connectivity index (χ0v) is 39.5. The highest BCUT2D eigenvalue weighted by molar-refractivity contribution is 5.77. The van der Waals surface area contributed by atoms with Crippen LogP contribution in [0.2, 0.25) is 0 Å². The van der Waals surface area contributed by atoms with E-state index >= 15 is 0 Å². The predicted octanol–water partition coefficient (Wildman–Crippen LogP) is 14.9. The first-order valence-electron chi connectivity index (χ1n) is 25.0. The summed E-state index contributed by atoms with van der Waals surface area (Å²) in [6, 6.07) is -0.734. The van der Waals surface area contributed by atoms with Crippen molar-refractivity contribution in [2.75, 3.05) is 6.61 Å². The summed E-state index contributed by atoms with van der Waals surface area (Å²) >= 11 is 0. The second kappa shape index (κ2) is 47.8. The number of aliphatic hydroxyl groups is 2. The van der Waals surface area contributed by atoms with E-state index in [0.717, 1.165) is 77.0 Å². The second-order valence-corrected chi connectivity index (χ2v) is 16.5. The molecule has 3 atom stereocenters. The van der Waals surface area contributed by atoms with Gasteiger partial charge in [-0.3, -0.25) is 9.59 Å². The van der Waals surface area contributed by atoms with Crippen LogP contribution < -0.4 is 5.32 Å². The van der Waals surface area contributed by atoms with Crippen molar-refractivity contribution < 1.29 is 24.5 Å². The molecule has 0 radical (unpaired) electrons. The minimum Gasteiger partial charge on any atom is -0.462 e. The highest BCUT2D eigenvalue weighted by Gasteiger charge is 2.23. The number of carbonyl (C=O) groups is 2. The van der Waals surface area contributed by atoms with Crippen LogP contribution in [-0.4, -0.2) is 46.9 Å². The lowest BCUT2D eigenvalue weighted by atomic mass is 10.0. The second-order valence-electron chi connectivity index (χ2n) is 16.5. The van der Waals surface area contributed by atoms with E-state index in [1.54, 1.807) is 0 Å². The van der Waals surface area contributed by atoms with Crippen LogP contribution in [0.15, 0.2) is 97.2 Å². The lowest BCUT2D eigenvalue weighted by molar-refractivity contribution is -0.150. The molecule has 0 spiro atoms. The molecular formula is C55H93NO5. The lowest BCUT2D eigenvalue weighted by Crippen LogP contribution is -2.46. The van der Waals surface area contributed by atoms with Gasteiger partial charge in [0.05, 0.1) is 25.2 Å². The van der Waals surface area contributed by atoms with Crippen molar-refractivity contribution in [1.29, 1.82) is 0 Å². The number of hydrogen-bond donors (Lipinski definition) is 3. The van der Waals surface area contributed by atoms with E-state index in [4.69, 9.17) is 4.74 Å². The van der Waals surface area contributed by atoms with E-state index in [-0.39, 0.29) is 31.3 Å². The zero-order chi connectivity index (χ0) is 44.5. The molecule has 0 heterocycles. The van der Waals surface area contributed by atoms with Crippen LogP contribution in [0.1, 0.15) is 213 Å². The molecule has 348 valence electrons. The molecule has 0 aliphatic carbocycles. The molecule has 0 saturated carbocycles. The molecule has 3 N–H and O–H groups in total. The molecule has 0 aliphatic rings. The Bertz CT molecular complexity index is 1220. The van der Waals surface area contributed by atoms with Gasteiger partial charge >= 0.3 is 5.97 Å². The fourth-order valence-corrected chi connectivity index (χ4v) is 6.92. The molecular weight excluding hydrogens is 755 g/mol. The fourth-order valence-electron chi connectivity index (χ4n) is 6.92. The molecule has 0 aromatic rings. The Kier molecular flexibility index (Phi) is 45.3. The molecule has 0 aromatic carbocycles. The van der Waals surface area contributed by atoms with Crippen LogP contribution >= 0.6 is 0 Å². The van der Waals surface area contributed by atoms with Crippen molar-refractivity contribution in [3.8, 4) is 0 Å². The summed E-state index contributed by atoms with van der Waals surface area (Å²) in [7, 11) is 0. The molecule has 0 fully saturated rings. The third-order valence-corrected chi connectivity index (χ3v) is 10.7. The normalized spacial score (nSPS) is 14.1. The smallest absolute Gasteiger partial charge is 0.306 e. The number of carbonyl (C=O) groups excluding carboxylic acids is 2. The number of ether oxygens (including phenoxy) is 1. The number of esters is 1. The molecule has 3 unspecified atom stereocenters. The number of rotatable bonds is 43. The van der Waals surface area contributed by atoms with Crippen LogP contribution in [0.25, 0.3) is 0 Å². The van der Waals surface area contributed by atoms with Crippen LogP contribution in [-0.2, 0) is 14.3 Å². The van der Waals surface area contributed by atoms with Crippen LogP contribution in [0.4, 0.5) is 0 Å². The molecule has 0 aliphatic heterocycles. The van der Waals surface area contributed by atoms with Crippen LogP contribution in [0.5, 0.6) is 0 Å². The summed E-state index contributed by atoms with van der Waals surface area (Å²) in [5, 5.41) is 23.6. The largest absolute Gasteiger partial charge is 0.462 e. The van der Waals surface area contributed by atoms with Crippen LogP contribution in [0.3, 0.4) is 0 Å². The third-order valence-electron chi connectivity index (χ3n) is 10.7. The first-order valence-corrected chi connectivity index (χ1v) is 25.0. The van der Waals surface area contributed by atoms with Gasteiger partial charge in [0, 0.05) is 6.42 Å². The standard InChI is InChI=1S/C55H93NO5/c1-4-7-10-13-16-19-21-23-25-26-27-28-29-31-33-36-39-42-45-48-55(60)61-51(46-43-40-37-35-32-30-24-22-20-17-14-11-8-5-2)49-54(59)56-52(50-57)53(58)47-44-41-38-34-18-15-12-9-6-3/h7,10,16,19,23,25,27-28,30-33,35,37,39,42,51-53,57-58H,4-6,8-9,11-15,17-18,20-22,24,26,29,34,36,38,40-41,43-50H2,1-3H3,(H,56,59)/b10-7-,19-16-,25-23-,28-27-,32-30+,33-31-,37-35+,42-39-. The van der Waals surface area contributed by atoms with Crippen molar-refractivity contribution in [3.63, 3.8) is 0 Å². The number of amides is 1. The van der Waals surface area contributed by atoms with Gasteiger partial charge < -0.3 is 20.3 Å². The van der Waals surface area contributed by atoms with Crippen molar-refractivity contribution >= 4 is 11.9 Å². The van der Waals surface area contributed by atoms with Gasteiger partial charge in [-0.05, 0) is 83.5 Å². The Morgan fingerprint density at radius 2 is 0.951 bits per heavy atom. The number of aliphatic hydroxyl groups excluding tert-OH is 2. The average molecular weight is 848 g/mol. The monoisotopic (exact) mass is 848 g/mol. The van der Waals surface area contributed by atoms with Gasteiger partial charge in [-0.15, -0.1) is 0 Å². The third kappa shape index (κ3) is 43.2. The average Bonchev–Trinajstić information content (AvgIpc) is 3.25. The molecule has 1 amide bonds. The molecule has 0 bridgehead atoms. The predicted molar refractivity (Wildman–Crippen MR) is 264 cm³/mol. The Balaban J connectivity index is 4.78. The van der Waals surface area contributed by atoms with Crippen molar-refractivity contribution in [1.82, 2.24) is 5.32 Å². The Morgan fingerprint density at radius 3 is 1.44 bits per heavy atom. The Hall–Kier alpha value is -3.22. The number of unbranched alkanes of at least 4 members (excludes halogenated alkanes) is 16. The minimum atomic E-state index is -0.815. The van der Waals surface area contributed by atoms with Gasteiger partial charge in [-0.2, -0.15) is 0 Å². The molecule has 61 heavy (non-hydrogen) atoms. The number of allylic oxidation sites excluding steroid dienone is 16. The summed E-state index contributed by atoms with van der Waals surface area (Å²) in [4.78, 5) is 26.0. The van der Waals surface area contributed by atoms with E-state index in [0.29, 0.717) is 19.3 Å². The van der Waals surface area contributed by atoms with Gasteiger partial charge in [-0.25, -0.2) is 0 Å². The highest BCUT2D eigenvalue weighted by Crippen LogP contribution is 2.15. The zero-order valence-electron chi connectivity index (χ0n) is 39.5. The van der Waals surface area contributed by atoms with Crippen LogP contribution in [0, 0.1) is 0 Å². The number of hydrogen-bond acceptors (Lipinski definition) is 5. The highest BCUT2D eigenvalue weighted by atomic mass is 16.5. The van der Waals surface area contributed by atoms with Gasteiger partial charge in [0.1, 0.15) is 6.10 Å². The van der Waals surface area contributed by atoms with Gasteiger partial charge in [0.25, 0.3) is 0 Å². The van der Waals surface area contributed by atoms with E-state index in [9.17, 15) is 19.8 Å². The van der Waals surface area contributed by atoms with Gasteiger partial charge in [0.2, 0.25) is 5.91 Å². The fraction of sp³-hybridized carbons (Fsp3) is 0.673. The van der Waals surface area contributed by atoms with Crippen molar-refractivity contribution in [3.05, 3.63) is 97.2 Å². The van der Waals surface area contributed by atoms with E-state index in [1.807, 2.05) is 6.08 Å². The lowest BCUT2D eigenvalue weighted by Gasteiger charge is -2.24. The maximum absolute atomic E-state index is 13.1. The summed E-state index contributed by atoms with van der Waals surface area (Å²) in [5.41, 5.74) is 0. The van der Waals surface area contributed by atoms with Crippen molar-refractivity contribution in [2.45, 2.75) is 232 Å². The Morgan fingerprint density at radius 1 is 0.508 bits per heavy atom. The maximum atomic E-state index is 13.1. The van der Waals surface area contributed by atoms with E-state index < -0.39 is 18.2 Å². The first-order chi connectivity index (χ1) is 30.0. The first kappa shape index (κ1) is 57.8. The molecule has 0 rings (SSSR count). The SMILES string of the molecule is CC/C=C\C/C=C\C/C=C\C/C=C\C/C=C\C/C=C\CCC(=O)OC(CCC/C=C/C=C/CCCCCCCCC)CC(=O)NC(CO)C(O)CCCCCCCCCCC. The molecule has 0 aromatic heterocycles. The van der Waals surface area contributed by atoms with Gasteiger partial charge in [0.15, 0.2) is 0 Å². The maximum Gasteiger partial charge on any atom is 0.306 e. The summed E-state index contributed by atoms with van der Waals surface area (Å²) in [5.74, 6) is -0.631. The minimum absolute atomic E-state index is 0.00889. The summed E-state index contributed by atoms with van der Waals surface area (Å²) in [6.07, 6.45) is 63.4. The van der Waals surface area contributed by atoms with Gasteiger partial charge in [-0.1, -0.05) is 214 Å². The summed E-state index contributed by atoms with van der Waals surface area (Å²) < 4.78 is 5.85. The molecule has 6 heteroatoms. The van der Waals surface area contributed by atoms with Crippen molar-refractivity contribution in [2.24, 2.45) is 0 Å². The molecule has 6 nitrogen and oxygen atoms in total. The quantitative estimate of drug-likeness (QED) is 0.0246. The van der Waals surface area contributed by atoms with E-state index in [1.165, 1.54) is 83.5 Å². The molecule has 0 saturated heterocycles. The topological polar surface area (TPSA) is 95.9 Å². The number of nitrogens with one attached hydrogen (secondary N) is 1. The van der Waals surface area contributed by atoms with E-state index in [2.05, 4.69) is 117 Å². The summed E-state index contributed by atoms with van der Waals surface area (Å²) in [6.45, 7) is 6.30. The Labute approximate surface area is 376 Å².